The SMILES string of the molecule is CCCCCCC/C=C\C/C=C\CCCCCCCCCCCCCCCCCC(=O)NC(COC1OC(CO)C(OC2OC(CO)C(OC3OC(CO)C(O)C(O)C3O)C(O)C2O)C(O)C1O)C(O)CCCCCCCCCC. The minimum absolute atomic E-state index is 0.245. The van der Waals surface area contributed by atoms with Crippen molar-refractivity contribution in [1.29, 1.82) is 0 Å². The van der Waals surface area contributed by atoms with Crippen LogP contribution < -0.4 is 5.32 Å². The Labute approximate surface area is 479 Å². The highest BCUT2D eigenvalue weighted by molar-refractivity contribution is 5.76. The molecule has 3 aliphatic heterocycles. The van der Waals surface area contributed by atoms with E-state index in [0.717, 1.165) is 51.4 Å². The summed E-state index contributed by atoms with van der Waals surface area (Å²) in [6.45, 7) is 1.74. The van der Waals surface area contributed by atoms with Crippen molar-refractivity contribution in [2.75, 3.05) is 26.4 Å². The van der Waals surface area contributed by atoms with Gasteiger partial charge in [0.25, 0.3) is 0 Å². The molecule has 0 aliphatic carbocycles. The van der Waals surface area contributed by atoms with Crippen molar-refractivity contribution in [2.24, 2.45) is 0 Å². The summed E-state index contributed by atoms with van der Waals surface area (Å²) in [5.41, 5.74) is 0. The van der Waals surface area contributed by atoms with Crippen LogP contribution in [0.25, 0.3) is 0 Å². The van der Waals surface area contributed by atoms with Gasteiger partial charge in [-0.05, 0) is 44.9 Å². The van der Waals surface area contributed by atoms with Crippen molar-refractivity contribution in [3.63, 3.8) is 0 Å². The van der Waals surface area contributed by atoms with Crippen LogP contribution in [-0.4, -0.2) is 193 Å². The summed E-state index contributed by atoms with van der Waals surface area (Å²) in [7, 11) is 0. The van der Waals surface area contributed by atoms with E-state index in [0.29, 0.717) is 12.8 Å². The van der Waals surface area contributed by atoms with Crippen molar-refractivity contribution >= 4 is 5.91 Å². The topological polar surface area (TPSA) is 307 Å². The van der Waals surface area contributed by atoms with Gasteiger partial charge in [-0.15, -0.1) is 0 Å². The van der Waals surface area contributed by atoms with Gasteiger partial charge >= 0.3 is 0 Å². The van der Waals surface area contributed by atoms with Crippen molar-refractivity contribution < 1.29 is 89.4 Å². The normalized spacial score (nSPS) is 30.1. The fraction of sp³-hybridized carbons (Fsp3) is 0.918. The number of carbonyl (C=O) groups is 1. The number of amides is 1. The average Bonchev–Trinajstić information content (AvgIpc) is 3.55. The third-order valence-corrected chi connectivity index (χ3v) is 16.0. The molecule has 0 spiro atoms. The highest BCUT2D eigenvalue weighted by Crippen LogP contribution is 2.33. The monoisotopic (exact) mass is 1150 g/mol. The number of nitrogens with one attached hydrogen (secondary N) is 1. The summed E-state index contributed by atoms with van der Waals surface area (Å²) in [5.74, 6) is -0.245. The van der Waals surface area contributed by atoms with Gasteiger partial charge < -0.3 is 89.9 Å². The maximum absolute atomic E-state index is 13.3. The minimum atomic E-state index is -1.97. The number of unbranched alkanes of at least 4 members (excludes halogenated alkanes) is 27. The molecular weight excluding hydrogens is 1030 g/mol. The Morgan fingerprint density at radius 3 is 1.27 bits per heavy atom. The Balaban J connectivity index is 1.37. The number of rotatable bonds is 47. The molecular formula is C61H113NO18. The lowest BCUT2D eigenvalue weighted by Crippen LogP contribution is -2.66. The Bertz CT molecular complexity index is 1560. The maximum Gasteiger partial charge on any atom is 0.220 e. The molecule has 3 fully saturated rings. The Hall–Kier alpha value is -1.73. The molecule has 19 nitrogen and oxygen atoms in total. The number of hydrogen-bond acceptors (Lipinski definition) is 18. The van der Waals surface area contributed by atoms with Gasteiger partial charge in [-0.1, -0.05) is 199 Å². The molecule has 0 saturated carbocycles. The van der Waals surface area contributed by atoms with Crippen LogP contribution in [0.1, 0.15) is 226 Å². The fourth-order valence-electron chi connectivity index (χ4n) is 10.8. The molecule has 470 valence electrons. The second kappa shape index (κ2) is 44.7. The third-order valence-electron chi connectivity index (χ3n) is 16.0. The molecule has 19 heteroatoms. The van der Waals surface area contributed by atoms with Crippen molar-refractivity contribution in [2.45, 2.75) is 330 Å². The first-order valence-electron chi connectivity index (χ1n) is 31.6. The van der Waals surface area contributed by atoms with Crippen LogP contribution in [0.5, 0.6) is 0 Å². The van der Waals surface area contributed by atoms with E-state index in [1.807, 2.05) is 0 Å². The molecule has 17 unspecified atom stereocenters. The van der Waals surface area contributed by atoms with Crippen LogP contribution in [0.15, 0.2) is 24.3 Å². The smallest absolute Gasteiger partial charge is 0.220 e. The molecule has 3 heterocycles. The van der Waals surface area contributed by atoms with Gasteiger partial charge in [0, 0.05) is 6.42 Å². The predicted molar refractivity (Wildman–Crippen MR) is 305 cm³/mol. The molecule has 3 rings (SSSR count). The van der Waals surface area contributed by atoms with Crippen molar-refractivity contribution in [3.05, 3.63) is 24.3 Å². The highest BCUT2D eigenvalue weighted by atomic mass is 16.8. The number of ether oxygens (including phenoxy) is 6. The standard InChI is InChI=1S/C61H113NO18/c1-3-5-7-9-11-13-14-15-16-17-18-19-20-21-22-23-24-25-26-27-28-29-30-31-33-35-37-39-49(67)62-44(45(66)38-36-34-32-12-10-8-6-4-2)43-75-59-55(73)52(70)57(47(41-64)77-59)80-61-56(74)53(71)58(48(42-65)78-61)79-60-54(72)51(69)50(68)46(40-63)76-60/h14-15,17-18,44-48,50-61,63-66,68-74H,3-13,16,19-43H2,1-2H3,(H,62,67)/b15-14-,18-17-. The first-order valence-corrected chi connectivity index (χ1v) is 31.6. The van der Waals surface area contributed by atoms with Crippen molar-refractivity contribution in [3.8, 4) is 0 Å². The molecule has 12 N–H and O–H groups in total. The first-order chi connectivity index (χ1) is 38.8. The summed E-state index contributed by atoms with van der Waals surface area (Å²) in [5, 5.41) is 120. The van der Waals surface area contributed by atoms with Crippen LogP contribution in [0.2, 0.25) is 0 Å². The van der Waals surface area contributed by atoms with Gasteiger partial charge in [0.2, 0.25) is 5.91 Å². The molecule has 0 aromatic heterocycles. The van der Waals surface area contributed by atoms with E-state index >= 15 is 0 Å². The largest absolute Gasteiger partial charge is 0.394 e. The van der Waals surface area contributed by atoms with Crippen LogP contribution in [0, 0.1) is 0 Å². The van der Waals surface area contributed by atoms with Gasteiger partial charge in [0.05, 0.1) is 38.6 Å². The molecule has 3 aliphatic rings. The first kappa shape index (κ1) is 72.5. The Kier molecular flexibility index (Phi) is 40.5. The lowest BCUT2D eigenvalue weighted by atomic mass is 9.96. The van der Waals surface area contributed by atoms with E-state index in [2.05, 4.69) is 43.5 Å². The molecule has 3 saturated heterocycles. The van der Waals surface area contributed by atoms with E-state index < -0.39 is 124 Å². The zero-order valence-corrected chi connectivity index (χ0v) is 49.1. The highest BCUT2D eigenvalue weighted by Gasteiger charge is 2.53. The van der Waals surface area contributed by atoms with Crippen LogP contribution in [0.4, 0.5) is 0 Å². The summed E-state index contributed by atoms with van der Waals surface area (Å²) >= 11 is 0. The lowest BCUT2D eigenvalue weighted by molar-refractivity contribution is -0.379. The molecule has 17 atom stereocenters. The van der Waals surface area contributed by atoms with E-state index in [-0.39, 0.29) is 18.9 Å². The zero-order chi connectivity index (χ0) is 58.3. The van der Waals surface area contributed by atoms with Gasteiger partial charge in [-0.25, -0.2) is 0 Å². The zero-order valence-electron chi connectivity index (χ0n) is 49.1. The Morgan fingerprint density at radius 2 is 0.825 bits per heavy atom. The second-order valence-electron chi connectivity index (χ2n) is 22.9. The number of aliphatic hydroxyl groups is 11. The molecule has 1 amide bonds. The van der Waals surface area contributed by atoms with E-state index in [1.165, 1.54) is 141 Å². The quantitative estimate of drug-likeness (QED) is 0.0234. The van der Waals surface area contributed by atoms with Gasteiger partial charge in [0.1, 0.15) is 73.2 Å². The molecule has 0 aromatic carbocycles. The Morgan fingerprint density at radius 1 is 0.450 bits per heavy atom. The van der Waals surface area contributed by atoms with Crippen LogP contribution >= 0.6 is 0 Å². The maximum atomic E-state index is 13.3. The minimum Gasteiger partial charge on any atom is -0.394 e. The number of carbonyl (C=O) groups excluding carboxylic acids is 1. The van der Waals surface area contributed by atoms with E-state index in [4.69, 9.17) is 28.4 Å². The summed E-state index contributed by atoms with van der Waals surface area (Å²) in [6.07, 6.45) is 20.2. The van der Waals surface area contributed by atoms with Gasteiger partial charge in [-0.3, -0.25) is 4.79 Å². The van der Waals surface area contributed by atoms with Crippen LogP contribution in [0.3, 0.4) is 0 Å². The number of hydrogen-bond donors (Lipinski definition) is 12. The molecule has 80 heavy (non-hydrogen) atoms. The lowest BCUT2D eigenvalue weighted by Gasteiger charge is -2.48. The third kappa shape index (κ3) is 28.0. The second-order valence-corrected chi connectivity index (χ2v) is 22.9. The van der Waals surface area contributed by atoms with Crippen molar-refractivity contribution in [1.82, 2.24) is 5.32 Å². The number of allylic oxidation sites excluding steroid dienone is 4. The van der Waals surface area contributed by atoms with E-state index in [1.54, 1.807) is 0 Å². The predicted octanol–water partition coefficient (Wildman–Crippen LogP) is 6.32. The number of aliphatic hydroxyl groups excluding tert-OH is 11. The molecule has 0 bridgehead atoms. The molecule has 0 aromatic rings. The summed E-state index contributed by atoms with van der Waals surface area (Å²) in [4.78, 5) is 13.3. The van der Waals surface area contributed by atoms with E-state index in [9.17, 15) is 61.0 Å². The average molecular weight is 1150 g/mol. The summed E-state index contributed by atoms with van der Waals surface area (Å²) in [6, 6.07) is -0.882. The van der Waals surface area contributed by atoms with Crippen LogP contribution in [-0.2, 0) is 33.2 Å². The summed E-state index contributed by atoms with van der Waals surface area (Å²) < 4.78 is 34.2. The fourth-order valence-corrected chi connectivity index (χ4v) is 10.8. The molecule has 0 radical (unpaired) electrons. The van der Waals surface area contributed by atoms with Gasteiger partial charge in [0.15, 0.2) is 18.9 Å². The van der Waals surface area contributed by atoms with Gasteiger partial charge in [-0.2, -0.15) is 0 Å².